The van der Waals surface area contributed by atoms with Gasteiger partial charge in [-0.15, -0.1) is 0 Å². The van der Waals surface area contributed by atoms with Crippen LogP contribution < -0.4 is 19.7 Å². The van der Waals surface area contributed by atoms with E-state index in [9.17, 15) is 14.7 Å². The molecule has 0 saturated carbocycles. The smallest absolute Gasteiger partial charge is 0.290 e. The molecule has 0 aromatic heterocycles. The van der Waals surface area contributed by atoms with Crippen LogP contribution >= 0.6 is 11.8 Å². The average molecular weight is 364 g/mol. The zero-order valence-electron chi connectivity index (χ0n) is 14.1. The number of hydrogen-bond acceptors (Lipinski definition) is 7. The minimum Gasteiger partial charge on any atom is -0.493 e. The Labute approximate surface area is 150 Å². The second-order valence-electron chi connectivity index (χ2n) is 5.84. The fourth-order valence-corrected chi connectivity index (χ4v) is 3.62. The highest BCUT2D eigenvalue weighted by Gasteiger charge is 2.27. The molecule has 2 saturated heterocycles. The summed E-state index contributed by atoms with van der Waals surface area (Å²) in [5, 5.41) is 11.6. The number of aliphatic hydroxyl groups excluding tert-OH is 1. The molecule has 3 rings (SSSR count). The van der Waals surface area contributed by atoms with Crippen molar-refractivity contribution < 1.29 is 24.2 Å². The molecule has 2 aliphatic heterocycles. The number of carbonyl (C=O) groups excluding carboxylic acids is 2. The number of anilines is 1. The van der Waals surface area contributed by atoms with Crippen LogP contribution in [0.1, 0.15) is 18.4 Å². The number of nitrogens with one attached hydrogen (secondary N) is 1. The summed E-state index contributed by atoms with van der Waals surface area (Å²) >= 11 is 0.879. The Morgan fingerprint density at radius 2 is 1.84 bits per heavy atom. The third kappa shape index (κ3) is 3.74. The highest BCUT2D eigenvalue weighted by molar-refractivity contribution is 8.18. The third-order valence-electron chi connectivity index (χ3n) is 4.27. The van der Waals surface area contributed by atoms with E-state index < -0.39 is 5.91 Å². The van der Waals surface area contributed by atoms with Gasteiger partial charge in [-0.2, -0.15) is 0 Å². The van der Waals surface area contributed by atoms with Gasteiger partial charge in [0.05, 0.1) is 25.2 Å². The molecular weight excluding hydrogens is 344 g/mol. The molecule has 0 unspecified atom stereocenters. The molecule has 1 aromatic carbocycles. The van der Waals surface area contributed by atoms with Gasteiger partial charge in [-0.05, 0) is 36.7 Å². The SMILES string of the molecule is COc1cc(C=C2SC(=O)NC2=O)c(N2CCC(O)CC2)cc1OC. The van der Waals surface area contributed by atoms with Gasteiger partial charge in [0, 0.05) is 30.4 Å². The van der Waals surface area contributed by atoms with Crippen molar-refractivity contribution in [1.82, 2.24) is 5.32 Å². The minimum atomic E-state index is -0.398. The number of benzene rings is 1. The number of ether oxygens (including phenoxy) is 2. The van der Waals surface area contributed by atoms with Gasteiger partial charge in [0.1, 0.15) is 0 Å². The maximum absolute atomic E-state index is 11.9. The number of rotatable bonds is 4. The Morgan fingerprint density at radius 3 is 2.40 bits per heavy atom. The highest BCUT2D eigenvalue weighted by atomic mass is 32.2. The van der Waals surface area contributed by atoms with Gasteiger partial charge in [-0.1, -0.05) is 0 Å². The van der Waals surface area contributed by atoms with Gasteiger partial charge in [0.15, 0.2) is 11.5 Å². The first kappa shape index (κ1) is 17.6. The molecule has 0 aliphatic carbocycles. The van der Waals surface area contributed by atoms with Crippen molar-refractivity contribution in [3.05, 3.63) is 22.6 Å². The summed E-state index contributed by atoms with van der Waals surface area (Å²) in [4.78, 5) is 25.8. The molecule has 0 bridgehead atoms. The van der Waals surface area contributed by atoms with Crippen LogP contribution in [-0.4, -0.2) is 49.7 Å². The van der Waals surface area contributed by atoms with Crippen LogP contribution in [-0.2, 0) is 4.79 Å². The molecule has 8 heteroatoms. The number of imide groups is 1. The van der Waals surface area contributed by atoms with Crippen LogP contribution in [0.3, 0.4) is 0 Å². The first-order valence-corrected chi connectivity index (χ1v) is 8.77. The molecule has 2 heterocycles. The van der Waals surface area contributed by atoms with Gasteiger partial charge in [0.25, 0.3) is 11.1 Å². The standard InChI is InChI=1S/C17H20N2O5S/c1-23-13-7-10(8-15-16(21)18-17(22)25-15)12(9-14(13)24-2)19-5-3-11(20)4-6-19/h7-9,11,20H,3-6H2,1-2H3,(H,18,21,22). The lowest BCUT2D eigenvalue weighted by Crippen LogP contribution is -2.36. The van der Waals surface area contributed by atoms with Gasteiger partial charge in [0.2, 0.25) is 0 Å². The number of piperidine rings is 1. The summed E-state index contributed by atoms with van der Waals surface area (Å²) < 4.78 is 10.8. The van der Waals surface area contributed by atoms with Crippen LogP contribution in [0.5, 0.6) is 11.5 Å². The molecular formula is C17H20N2O5S. The maximum atomic E-state index is 11.9. The van der Waals surface area contributed by atoms with Gasteiger partial charge < -0.3 is 19.5 Å². The van der Waals surface area contributed by atoms with Crippen LogP contribution in [0.4, 0.5) is 10.5 Å². The molecule has 25 heavy (non-hydrogen) atoms. The van der Waals surface area contributed by atoms with E-state index in [1.54, 1.807) is 26.4 Å². The third-order valence-corrected chi connectivity index (χ3v) is 5.08. The predicted octanol–water partition coefficient (Wildman–Crippen LogP) is 1.99. The van der Waals surface area contributed by atoms with Gasteiger partial charge >= 0.3 is 0 Å². The molecule has 7 nitrogen and oxygen atoms in total. The van der Waals surface area contributed by atoms with Crippen molar-refractivity contribution in [2.75, 3.05) is 32.2 Å². The first-order chi connectivity index (χ1) is 12.0. The van der Waals surface area contributed by atoms with Crippen LogP contribution in [0, 0.1) is 0 Å². The Hall–Kier alpha value is -2.19. The number of aliphatic hydroxyl groups is 1. The quantitative estimate of drug-likeness (QED) is 0.790. The number of amides is 2. The van der Waals surface area contributed by atoms with Crippen molar-refractivity contribution in [3.63, 3.8) is 0 Å². The lowest BCUT2D eigenvalue weighted by Gasteiger charge is -2.33. The average Bonchev–Trinajstić information content (AvgIpc) is 2.92. The van der Waals surface area contributed by atoms with Crippen LogP contribution in [0.2, 0.25) is 0 Å². The van der Waals surface area contributed by atoms with E-state index in [0.717, 1.165) is 23.0 Å². The largest absolute Gasteiger partial charge is 0.493 e. The van der Waals surface area contributed by atoms with E-state index in [-0.39, 0.29) is 11.3 Å². The Bertz CT molecular complexity index is 726. The summed E-state index contributed by atoms with van der Waals surface area (Å²) in [5.74, 6) is 0.736. The number of methoxy groups -OCH3 is 2. The molecule has 2 aliphatic rings. The van der Waals surface area contributed by atoms with Crippen LogP contribution in [0.15, 0.2) is 17.0 Å². The molecule has 0 radical (unpaired) electrons. The van der Waals surface area contributed by atoms with E-state index in [1.807, 2.05) is 6.07 Å². The molecule has 2 N–H and O–H groups in total. The number of thioether (sulfide) groups is 1. The van der Waals surface area contributed by atoms with Crippen molar-refractivity contribution >= 4 is 34.7 Å². The first-order valence-electron chi connectivity index (χ1n) is 7.95. The summed E-state index contributed by atoms with van der Waals surface area (Å²) in [6.45, 7) is 1.40. The Kier molecular flexibility index (Phi) is 5.19. The number of hydrogen-bond donors (Lipinski definition) is 2. The summed E-state index contributed by atoms with van der Waals surface area (Å²) in [5.41, 5.74) is 1.64. The minimum absolute atomic E-state index is 0.285. The van der Waals surface area contributed by atoms with Crippen molar-refractivity contribution in [2.45, 2.75) is 18.9 Å². The molecule has 0 atom stereocenters. The Balaban J connectivity index is 2.03. The van der Waals surface area contributed by atoms with E-state index in [4.69, 9.17) is 9.47 Å². The van der Waals surface area contributed by atoms with E-state index in [1.165, 1.54) is 0 Å². The van der Waals surface area contributed by atoms with Crippen molar-refractivity contribution in [3.8, 4) is 11.5 Å². The fourth-order valence-electron chi connectivity index (χ4n) is 2.94. The number of nitrogens with zero attached hydrogens (tertiary/aromatic N) is 1. The number of carbonyl (C=O) groups is 2. The zero-order valence-corrected chi connectivity index (χ0v) is 14.9. The monoisotopic (exact) mass is 364 g/mol. The fraction of sp³-hybridized carbons (Fsp3) is 0.412. The van der Waals surface area contributed by atoms with Crippen molar-refractivity contribution in [1.29, 1.82) is 0 Å². The molecule has 2 fully saturated rings. The molecule has 1 aromatic rings. The lowest BCUT2D eigenvalue weighted by atomic mass is 10.0. The molecule has 0 spiro atoms. The second kappa shape index (κ2) is 7.37. The van der Waals surface area contributed by atoms with E-state index in [0.29, 0.717) is 42.3 Å². The van der Waals surface area contributed by atoms with E-state index in [2.05, 4.69) is 10.2 Å². The summed E-state index contributed by atoms with van der Waals surface area (Å²) in [7, 11) is 3.12. The predicted molar refractivity (Wildman–Crippen MR) is 96.1 cm³/mol. The van der Waals surface area contributed by atoms with Crippen molar-refractivity contribution in [2.24, 2.45) is 0 Å². The molecule has 2 amide bonds. The van der Waals surface area contributed by atoms with E-state index >= 15 is 0 Å². The topological polar surface area (TPSA) is 88.1 Å². The van der Waals surface area contributed by atoms with Crippen LogP contribution in [0.25, 0.3) is 6.08 Å². The van der Waals surface area contributed by atoms with Gasteiger partial charge in [-0.25, -0.2) is 0 Å². The summed E-state index contributed by atoms with van der Waals surface area (Å²) in [6, 6.07) is 3.66. The Morgan fingerprint density at radius 1 is 1.20 bits per heavy atom. The highest BCUT2D eigenvalue weighted by Crippen LogP contribution is 2.38. The van der Waals surface area contributed by atoms with Gasteiger partial charge in [-0.3, -0.25) is 14.9 Å². The maximum Gasteiger partial charge on any atom is 0.290 e. The second-order valence-corrected chi connectivity index (χ2v) is 6.85. The normalized spacial score (nSPS) is 20.1. The lowest BCUT2D eigenvalue weighted by molar-refractivity contribution is -0.115. The zero-order chi connectivity index (χ0) is 18.0. The molecule has 134 valence electrons. The summed E-state index contributed by atoms with van der Waals surface area (Å²) in [6.07, 6.45) is 2.76.